The van der Waals surface area contributed by atoms with E-state index in [4.69, 9.17) is 4.42 Å². The molecule has 0 fully saturated rings. The average molecular weight is 302 g/mol. The van der Waals surface area contributed by atoms with Gasteiger partial charge in [0.1, 0.15) is 10.7 Å². The van der Waals surface area contributed by atoms with E-state index in [0.29, 0.717) is 28.4 Å². The van der Waals surface area contributed by atoms with Crippen LogP contribution in [-0.2, 0) is 10.1 Å². The molecular weight excluding hydrogens is 292 g/mol. The first-order valence-corrected chi connectivity index (χ1v) is 7.49. The summed E-state index contributed by atoms with van der Waals surface area (Å²) in [6, 6.07) is 12.8. The molecule has 0 atom stereocenters. The minimum absolute atomic E-state index is 0.163. The molecule has 0 saturated carbocycles. The van der Waals surface area contributed by atoms with Crippen molar-refractivity contribution in [1.82, 2.24) is 0 Å². The van der Waals surface area contributed by atoms with E-state index < -0.39 is 10.1 Å². The molecule has 1 heterocycles. The first-order chi connectivity index (χ1) is 10.0. The van der Waals surface area contributed by atoms with Crippen molar-refractivity contribution in [3.63, 3.8) is 0 Å². The minimum atomic E-state index is -4.31. The van der Waals surface area contributed by atoms with Gasteiger partial charge in [0.2, 0.25) is 0 Å². The fraction of sp³-hybridized carbons (Fsp3) is 0. The van der Waals surface area contributed by atoms with Gasteiger partial charge in [-0.1, -0.05) is 30.3 Å². The molecule has 2 aromatic carbocycles. The quantitative estimate of drug-likeness (QED) is 0.593. The molecule has 1 aromatic heterocycles. The van der Waals surface area contributed by atoms with Crippen LogP contribution < -0.4 is 0 Å². The van der Waals surface area contributed by atoms with Crippen molar-refractivity contribution in [2.75, 3.05) is 0 Å². The molecule has 21 heavy (non-hydrogen) atoms. The van der Waals surface area contributed by atoms with Crippen molar-refractivity contribution < 1.29 is 22.2 Å². The van der Waals surface area contributed by atoms with Crippen molar-refractivity contribution in [1.29, 1.82) is 0 Å². The van der Waals surface area contributed by atoms with Gasteiger partial charge in [0.05, 0.1) is 0 Å². The van der Waals surface area contributed by atoms with Crippen LogP contribution in [0, 0.1) is 0 Å². The van der Waals surface area contributed by atoms with E-state index in [-0.39, 0.29) is 10.7 Å². The lowest BCUT2D eigenvalue weighted by molar-refractivity contribution is 0.110. The van der Waals surface area contributed by atoms with Crippen LogP contribution in [0.15, 0.2) is 57.8 Å². The number of aldehydes is 1. The highest BCUT2D eigenvalue weighted by Crippen LogP contribution is 2.32. The lowest BCUT2D eigenvalue weighted by atomic mass is 10.0. The van der Waals surface area contributed by atoms with E-state index in [2.05, 4.69) is 0 Å². The molecule has 0 radical (unpaired) electrons. The van der Waals surface area contributed by atoms with E-state index >= 15 is 0 Å². The lowest BCUT2D eigenvalue weighted by Crippen LogP contribution is -1.99. The molecule has 0 spiro atoms. The van der Waals surface area contributed by atoms with Crippen LogP contribution in [0.4, 0.5) is 0 Å². The van der Waals surface area contributed by atoms with E-state index in [9.17, 15) is 17.8 Å². The normalized spacial score (nSPS) is 11.7. The number of carbonyl (C=O) groups is 1. The third-order valence-corrected chi connectivity index (χ3v) is 4.08. The molecule has 0 unspecified atom stereocenters. The summed E-state index contributed by atoms with van der Waals surface area (Å²) in [5, 5.41) is 1.00. The van der Waals surface area contributed by atoms with Crippen molar-refractivity contribution in [3.8, 4) is 11.3 Å². The molecule has 0 saturated heterocycles. The van der Waals surface area contributed by atoms with Crippen LogP contribution in [0.25, 0.3) is 22.1 Å². The fourth-order valence-corrected chi connectivity index (χ4v) is 2.99. The van der Waals surface area contributed by atoms with Crippen LogP contribution in [0.3, 0.4) is 0 Å². The number of furan rings is 1. The molecule has 1 N–H and O–H groups in total. The van der Waals surface area contributed by atoms with Crippen LogP contribution in [0.5, 0.6) is 0 Å². The molecule has 0 aliphatic rings. The Balaban J connectivity index is 2.33. The topological polar surface area (TPSA) is 84.6 Å². The number of rotatable bonds is 3. The van der Waals surface area contributed by atoms with Crippen molar-refractivity contribution in [2.24, 2.45) is 0 Å². The predicted octanol–water partition coefficient (Wildman–Crippen LogP) is 3.16. The largest absolute Gasteiger partial charge is 0.453 e. The number of benzene rings is 2. The maximum atomic E-state index is 11.4. The molecule has 0 bridgehead atoms. The Kier molecular flexibility index (Phi) is 3.12. The highest BCUT2D eigenvalue weighted by molar-refractivity contribution is 7.86. The summed E-state index contributed by atoms with van der Waals surface area (Å²) in [5.74, 6) is 0.642. The smallest absolute Gasteiger partial charge is 0.295 e. The second kappa shape index (κ2) is 4.83. The molecule has 0 amide bonds. The van der Waals surface area contributed by atoms with E-state index in [1.807, 2.05) is 0 Å². The highest BCUT2D eigenvalue weighted by atomic mass is 32.2. The third kappa shape index (κ3) is 2.35. The molecule has 106 valence electrons. The summed E-state index contributed by atoms with van der Waals surface area (Å²) in [4.78, 5) is 10.5. The highest BCUT2D eigenvalue weighted by Gasteiger charge is 2.16. The second-order valence-electron chi connectivity index (χ2n) is 4.45. The summed E-state index contributed by atoms with van der Waals surface area (Å²) in [6.45, 7) is 0. The Morgan fingerprint density at radius 3 is 2.33 bits per heavy atom. The number of carbonyl (C=O) groups excluding carboxylic acids is 1. The van der Waals surface area contributed by atoms with Gasteiger partial charge in [-0.2, -0.15) is 8.42 Å². The van der Waals surface area contributed by atoms with Gasteiger partial charge in [0.25, 0.3) is 10.1 Å². The molecule has 5 nitrogen and oxygen atoms in total. The third-order valence-electron chi connectivity index (χ3n) is 3.17. The van der Waals surface area contributed by atoms with Gasteiger partial charge in [-0.15, -0.1) is 0 Å². The Bertz CT molecular complexity index is 938. The molecule has 3 aromatic rings. The van der Waals surface area contributed by atoms with Crippen molar-refractivity contribution in [3.05, 3.63) is 54.3 Å². The average Bonchev–Trinajstić information content (AvgIpc) is 2.93. The fourth-order valence-electron chi connectivity index (χ4n) is 2.28. The summed E-state index contributed by atoms with van der Waals surface area (Å²) in [6.07, 6.45) is 0.595. The maximum absolute atomic E-state index is 11.4. The van der Waals surface area contributed by atoms with Crippen LogP contribution >= 0.6 is 0 Å². The summed E-state index contributed by atoms with van der Waals surface area (Å²) >= 11 is 0. The number of fused-ring (bicyclic) bond motifs is 1. The van der Waals surface area contributed by atoms with Crippen LogP contribution in [0.2, 0.25) is 0 Å². The lowest BCUT2D eigenvalue weighted by Gasteiger charge is -2.07. The SMILES string of the molecule is O=Cc1ccc(-c2cccc3c(S(=O)(=O)O)cccc23)o1. The summed E-state index contributed by atoms with van der Waals surface area (Å²) in [7, 11) is -4.31. The first kappa shape index (κ1) is 13.5. The standard InChI is InChI=1S/C15H10O5S/c16-9-10-7-8-14(20-10)12-4-1-5-13-11(12)3-2-6-15(13)21(17,18)19/h1-9H,(H,17,18,19). The van der Waals surface area contributed by atoms with Gasteiger partial charge in [0, 0.05) is 10.9 Å². The van der Waals surface area contributed by atoms with E-state index in [1.165, 1.54) is 12.1 Å². The Hall–Kier alpha value is -2.44. The van der Waals surface area contributed by atoms with Gasteiger partial charge in [-0.25, -0.2) is 0 Å². The predicted molar refractivity (Wildman–Crippen MR) is 76.9 cm³/mol. The Labute approximate surface area is 120 Å². The Morgan fingerprint density at radius 1 is 0.952 bits per heavy atom. The second-order valence-corrected chi connectivity index (χ2v) is 5.84. The van der Waals surface area contributed by atoms with Gasteiger partial charge >= 0.3 is 0 Å². The number of hydrogen-bond donors (Lipinski definition) is 1. The first-order valence-electron chi connectivity index (χ1n) is 6.05. The maximum Gasteiger partial charge on any atom is 0.295 e. The van der Waals surface area contributed by atoms with E-state index in [0.717, 1.165) is 0 Å². The van der Waals surface area contributed by atoms with Crippen molar-refractivity contribution >= 4 is 27.2 Å². The monoisotopic (exact) mass is 302 g/mol. The molecule has 0 aliphatic carbocycles. The van der Waals surface area contributed by atoms with Gasteiger partial charge in [0.15, 0.2) is 12.0 Å². The molecular formula is C15H10O5S. The van der Waals surface area contributed by atoms with Gasteiger partial charge < -0.3 is 4.42 Å². The summed E-state index contributed by atoms with van der Waals surface area (Å²) in [5.41, 5.74) is 0.645. The van der Waals surface area contributed by atoms with Crippen LogP contribution in [-0.4, -0.2) is 19.3 Å². The van der Waals surface area contributed by atoms with Gasteiger partial charge in [-0.05, 0) is 23.6 Å². The zero-order valence-electron chi connectivity index (χ0n) is 10.7. The van der Waals surface area contributed by atoms with Gasteiger partial charge in [-0.3, -0.25) is 9.35 Å². The zero-order valence-corrected chi connectivity index (χ0v) is 11.5. The van der Waals surface area contributed by atoms with Crippen molar-refractivity contribution in [2.45, 2.75) is 4.90 Å². The molecule has 3 rings (SSSR count). The molecule has 0 aliphatic heterocycles. The minimum Gasteiger partial charge on any atom is -0.453 e. The summed E-state index contributed by atoms with van der Waals surface area (Å²) < 4.78 is 37.5. The van der Waals surface area contributed by atoms with Crippen LogP contribution in [0.1, 0.15) is 10.6 Å². The number of hydrogen-bond acceptors (Lipinski definition) is 4. The Morgan fingerprint density at radius 2 is 1.67 bits per heavy atom. The zero-order chi connectivity index (χ0) is 15.0. The van der Waals surface area contributed by atoms with E-state index in [1.54, 1.807) is 36.4 Å². The molecule has 6 heteroatoms.